The fourth-order valence-electron chi connectivity index (χ4n) is 2.63. The van der Waals surface area contributed by atoms with E-state index in [0.29, 0.717) is 18.7 Å². The number of rotatable bonds is 3. The van der Waals surface area contributed by atoms with Crippen LogP contribution in [0.4, 0.5) is 5.82 Å². The van der Waals surface area contributed by atoms with Gasteiger partial charge in [0, 0.05) is 25.2 Å². The molecular weight excluding hydrogens is 266 g/mol. The number of aromatic nitrogens is 4. The molecule has 0 aromatic carbocycles. The van der Waals surface area contributed by atoms with E-state index in [2.05, 4.69) is 20.2 Å². The van der Waals surface area contributed by atoms with Gasteiger partial charge in [-0.1, -0.05) is 5.21 Å². The third-order valence-electron chi connectivity index (χ3n) is 3.99. The molecule has 1 unspecified atom stereocenters. The van der Waals surface area contributed by atoms with Crippen LogP contribution in [0.25, 0.3) is 0 Å². The Hall–Kier alpha value is -1.95. The molecule has 0 aliphatic carbocycles. The van der Waals surface area contributed by atoms with Crippen LogP contribution in [0.3, 0.4) is 0 Å². The van der Waals surface area contributed by atoms with E-state index in [1.807, 2.05) is 39.1 Å². The SMILES string of the molecule is Cc1ccnc(N2CCC(O)(c3cn(C(C)C)nn3)C2)c1. The number of nitrogens with zero attached hydrogens (tertiary/aromatic N) is 5. The summed E-state index contributed by atoms with van der Waals surface area (Å²) >= 11 is 0. The summed E-state index contributed by atoms with van der Waals surface area (Å²) in [7, 11) is 0. The topological polar surface area (TPSA) is 67.1 Å². The summed E-state index contributed by atoms with van der Waals surface area (Å²) in [6.45, 7) is 7.39. The second kappa shape index (κ2) is 5.11. The highest BCUT2D eigenvalue weighted by Gasteiger charge is 2.40. The van der Waals surface area contributed by atoms with Crippen LogP contribution in [0.5, 0.6) is 0 Å². The second-order valence-corrected chi connectivity index (χ2v) is 6.07. The van der Waals surface area contributed by atoms with Crippen LogP contribution in [0.2, 0.25) is 0 Å². The van der Waals surface area contributed by atoms with E-state index in [0.717, 1.165) is 12.4 Å². The minimum atomic E-state index is -0.946. The van der Waals surface area contributed by atoms with Crippen LogP contribution in [0.15, 0.2) is 24.5 Å². The molecule has 0 bridgehead atoms. The molecule has 1 saturated heterocycles. The van der Waals surface area contributed by atoms with Crippen LogP contribution in [-0.2, 0) is 5.60 Å². The van der Waals surface area contributed by atoms with Crippen LogP contribution < -0.4 is 4.90 Å². The van der Waals surface area contributed by atoms with Crippen molar-refractivity contribution < 1.29 is 5.11 Å². The Labute approximate surface area is 124 Å². The second-order valence-electron chi connectivity index (χ2n) is 6.07. The van der Waals surface area contributed by atoms with Gasteiger partial charge in [-0.25, -0.2) is 9.67 Å². The Morgan fingerprint density at radius 2 is 2.19 bits per heavy atom. The molecule has 1 atom stereocenters. The summed E-state index contributed by atoms with van der Waals surface area (Å²) in [4.78, 5) is 6.49. The van der Waals surface area contributed by atoms with E-state index in [1.165, 1.54) is 5.56 Å². The van der Waals surface area contributed by atoms with Crippen LogP contribution in [-0.4, -0.2) is 38.2 Å². The average molecular weight is 287 g/mol. The van der Waals surface area contributed by atoms with Gasteiger partial charge in [-0.05, 0) is 38.5 Å². The molecule has 0 saturated carbocycles. The van der Waals surface area contributed by atoms with Crippen molar-refractivity contribution in [3.05, 3.63) is 35.8 Å². The van der Waals surface area contributed by atoms with Crippen molar-refractivity contribution in [1.29, 1.82) is 0 Å². The third-order valence-corrected chi connectivity index (χ3v) is 3.99. The number of β-amino-alcohol motifs (C(OH)–C–C–N with tert-alkyl or cyclic N) is 1. The lowest BCUT2D eigenvalue weighted by Crippen LogP contribution is -2.31. The summed E-state index contributed by atoms with van der Waals surface area (Å²) in [6, 6.07) is 4.25. The number of anilines is 1. The molecule has 1 fully saturated rings. The van der Waals surface area contributed by atoms with Gasteiger partial charge in [0.25, 0.3) is 0 Å². The van der Waals surface area contributed by atoms with Gasteiger partial charge in [0.1, 0.15) is 17.1 Å². The molecule has 2 aromatic heterocycles. The molecule has 6 nitrogen and oxygen atoms in total. The maximum absolute atomic E-state index is 10.9. The Bertz CT molecular complexity index is 638. The molecule has 6 heteroatoms. The van der Waals surface area contributed by atoms with Crippen molar-refractivity contribution >= 4 is 5.82 Å². The zero-order chi connectivity index (χ0) is 15.0. The largest absolute Gasteiger partial charge is 0.381 e. The van der Waals surface area contributed by atoms with Gasteiger partial charge >= 0.3 is 0 Å². The first kappa shape index (κ1) is 14.0. The van der Waals surface area contributed by atoms with Crippen LogP contribution in [0.1, 0.15) is 37.6 Å². The highest BCUT2D eigenvalue weighted by Crippen LogP contribution is 2.33. The van der Waals surface area contributed by atoms with Crippen molar-refractivity contribution in [2.75, 3.05) is 18.0 Å². The van der Waals surface area contributed by atoms with Crippen LogP contribution in [0, 0.1) is 6.92 Å². The maximum atomic E-state index is 10.9. The summed E-state index contributed by atoms with van der Waals surface area (Å²) < 4.78 is 1.78. The summed E-state index contributed by atoms with van der Waals surface area (Å²) in [5.41, 5.74) is 0.867. The molecule has 2 aromatic rings. The lowest BCUT2D eigenvalue weighted by Gasteiger charge is -2.21. The first-order valence-electron chi connectivity index (χ1n) is 7.30. The third kappa shape index (κ3) is 2.63. The molecule has 3 heterocycles. The predicted octanol–water partition coefficient (Wildman–Crippen LogP) is 1.66. The van der Waals surface area contributed by atoms with Gasteiger partial charge < -0.3 is 10.0 Å². The molecule has 1 aliphatic heterocycles. The van der Waals surface area contributed by atoms with Gasteiger partial charge in [-0.2, -0.15) is 0 Å². The van der Waals surface area contributed by atoms with E-state index in [4.69, 9.17) is 0 Å². The molecule has 112 valence electrons. The van der Waals surface area contributed by atoms with Gasteiger partial charge in [-0.15, -0.1) is 5.10 Å². The summed E-state index contributed by atoms with van der Waals surface area (Å²) in [5, 5.41) is 19.1. The minimum absolute atomic E-state index is 0.241. The Morgan fingerprint density at radius 3 is 2.86 bits per heavy atom. The van der Waals surface area contributed by atoms with Crippen molar-refractivity contribution in [2.45, 2.75) is 38.8 Å². The fraction of sp³-hybridized carbons (Fsp3) is 0.533. The molecule has 1 aliphatic rings. The van der Waals surface area contributed by atoms with Crippen molar-refractivity contribution in [2.24, 2.45) is 0 Å². The normalized spacial score (nSPS) is 22.2. The van der Waals surface area contributed by atoms with Crippen LogP contribution >= 0.6 is 0 Å². The zero-order valence-corrected chi connectivity index (χ0v) is 12.7. The van der Waals surface area contributed by atoms with Crippen molar-refractivity contribution in [1.82, 2.24) is 20.0 Å². The van der Waals surface area contributed by atoms with E-state index in [9.17, 15) is 5.11 Å². The maximum Gasteiger partial charge on any atom is 0.129 e. The summed E-state index contributed by atoms with van der Waals surface area (Å²) in [5.74, 6) is 0.905. The Kier molecular flexibility index (Phi) is 3.41. The minimum Gasteiger partial charge on any atom is -0.381 e. The van der Waals surface area contributed by atoms with Gasteiger partial charge in [0.15, 0.2) is 0 Å². The molecule has 0 spiro atoms. The lowest BCUT2D eigenvalue weighted by molar-refractivity contribution is 0.0559. The number of pyridine rings is 1. The molecule has 21 heavy (non-hydrogen) atoms. The quantitative estimate of drug-likeness (QED) is 0.930. The van der Waals surface area contributed by atoms with Crippen molar-refractivity contribution in [3.8, 4) is 0 Å². The van der Waals surface area contributed by atoms with Crippen molar-refractivity contribution in [3.63, 3.8) is 0 Å². The average Bonchev–Trinajstić information content (AvgIpc) is 3.06. The molecule has 0 amide bonds. The number of aliphatic hydroxyl groups is 1. The Morgan fingerprint density at radius 1 is 1.38 bits per heavy atom. The van der Waals surface area contributed by atoms with Gasteiger partial charge in [0.2, 0.25) is 0 Å². The molecule has 0 radical (unpaired) electrons. The van der Waals surface area contributed by atoms with E-state index >= 15 is 0 Å². The Balaban J connectivity index is 1.81. The predicted molar refractivity (Wildman–Crippen MR) is 80.1 cm³/mol. The smallest absolute Gasteiger partial charge is 0.129 e. The number of hydrogen-bond donors (Lipinski definition) is 1. The lowest BCUT2D eigenvalue weighted by atomic mass is 10.00. The molecular formula is C15H21N5O. The van der Waals surface area contributed by atoms with E-state index in [-0.39, 0.29) is 6.04 Å². The van der Waals surface area contributed by atoms with Gasteiger partial charge in [0.05, 0.1) is 12.7 Å². The monoisotopic (exact) mass is 287 g/mol. The number of aryl methyl sites for hydroxylation is 1. The molecule has 3 rings (SSSR count). The molecule has 1 N–H and O–H groups in total. The fourth-order valence-corrected chi connectivity index (χ4v) is 2.63. The summed E-state index contributed by atoms with van der Waals surface area (Å²) in [6.07, 6.45) is 4.29. The number of hydrogen-bond acceptors (Lipinski definition) is 5. The highest BCUT2D eigenvalue weighted by molar-refractivity contribution is 5.43. The zero-order valence-electron chi connectivity index (χ0n) is 12.7. The van der Waals surface area contributed by atoms with Gasteiger partial charge in [-0.3, -0.25) is 0 Å². The first-order chi connectivity index (χ1) is 9.98. The van der Waals surface area contributed by atoms with E-state index in [1.54, 1.807) is 10.9 Å². The first-order valence-corrected chi connectivity index (χ1v) is 7.30. The van der Waals surface area contributed by atoms with E-state index < -0.39 is 5.60 Å². The standard InChI is InChI=1S/C15H21N5O/c1-11(2)20-9-13(17-18-20)15(21)5-7-19(10-15)14-8-12(3)4-6-16-14/h4,6,8-9,11,21H,5,7,10H2,1-3H3. The highest BCUT2D eigenvalue weighted by atomic mass is 16.3.